The lowest BCUT2D eigenvalue weighted by Crippen LogP contribution is -2.20. The minimum absolute atomic E-state index is 0.0819. The Labute approximate surface area is 128 Å². The van der Waals surface area contributed by atoms with Crippen molar-refractivity contribution >= 4 is 17.6 Å². The lowest BCUT2D eigenvalue weighted by Gasteiger charge is -2.14. The van der Waals surface area contributed by atoms with Gasteiger partial charge in [0.05, 0.1) is 6.20 Å². The summed E-state index contributed by atoms with van der Waals surface area (Å²) in [6.07, 6.45) is 2.86. The highest BCUT2D eigenvalue weighted by Gasteiger charge is 2.13. The van der Waals surface area contributed by atoms with E-state index in [1.807, 2.05) is 32.0 Å². The molecule has 116 valence electrons. The van der Waals surface area contributed by atoms with Crippen LogP contribution in [0.5, 0.6) is 0 Å². The highest BCUT2D eigenvalue weighted by molar-refractivity contribution is 5.92. The van der Waals surface area contributed by atoms with Crippen molar-refractivity contribution < 1.29 is 14.7 Å². The zero-order valence-corrected chi connectivity index (χ0v) is 12.5. The number of aromatic carboxylic acids is 1. The first-order valence-corrected chi connectivity index (χ1v) is 7.09. The standard InChI is InChI=1S/C15H18N4O3/c1-3-10-6-5-7-11(4-2)14(10)16-13(20)9-19-8-12(15(21)22)17-18-19/h5-8H,3-4,9H2,1-2H3,(H,16,20)(H,21,22). The van der Waals surface area contributed by atoms with Crippen molar-refractivity contribution in [1.82, 2.24) is 15.0 Å². The van der Waals surface area contributed by atoms with Gasteiger partial charge in [-0.3, -0.25) is 4.79 Å². The average molecular weight is 302 g/mol. The predicted octanol–water partition coefficient (Wildman–Crippen LogP) is 1.74. The number of aryl methyl sites for hydroxylation is 2. The van der Waals surface area contributed by atoms with Gasteiger partial charge in [-0.15, -0.1) is 5.10 Å². The molecular formula is C15H18N4O3. The molecule has 0 aliphatic rings. The van der Waals surface area contributed by atoms with Crippen LogP contribution >= 0.6 is 0 Å². The third-order valence-corrected chi connectivity index (χ3v) is 3.33. The molecule has 0 bridgehead atoms. The number of carbonyl (C=O) groups excluding carboxylic acids is 1. The second-order valence-corrected chi connectivity index (χ2v) is 4.81. The SMILES string of the molecule is CCc1cccc(CC)c1NC(=O)Cn1cc(C(=O)O)nn1. The van der Waals surface area contributed by atoms with E-state index in [2.05, 4.69) is 15.6 Å². The van der Waals surface area contributed by atoms with Crippen molar-refractivity contribution in [2.45, 2.75) is 33.2 Å². The minimum atomic E-state index is -1.17. The monoisotopic (exact) mass is 302 g/mol. The number of anilines is 1. The number of amides is 1. The molecule has 22 heavy (non-hydrogen) atoms. The maximum Gasteiger partial charge on any atom is 0.358 e. The Morgan fingerprint density at radius 3 is 2.36 bits per heavy atom. The molecule has 0 spiro atoms. The first-order chi connectivity index (χ1) is 10.5. The Balaban J connectivity index is 2.13. The van der Waals surface area contributed by atoms with Crippen LogP contribution in [0.25, 0.3) is 0 Å². The molecule has 1 amide bonds. The summed E-state index contributed by atoms with van der Waals surface area (Å²) < 4.78 is 1.21. The minimum Gasteiger partial charge on any atom is -0.476 e. The van der Waals surface area contributed by atoms with Crippen molar-refractivity contribution in [2.75, 3.05) is 5.32 Å². The zero-order valence-electron chi connectivity index (χ0n) is 12.5. The number of hydrogen-bond donors (Lipinski definition) is 2. The van der Waals surface area contributed by atoms with Crippen LogP contribution in [0.3, 0.4) is 0 Å². The Morgan fingerprint density at radius 1 is 1.23 bits per heavy atom. The van der Waals surface area contributed by atoms with E-state index in [0.717, 1.165) is 29.7 Å². The third-order valence-electron chi connectivity index (χ3n) is 3.33. The molecule has 0 saturated heterocycles. The lowest BCUT2D eigenvalue weighted by molar-refractivity contribution is -0.116. The highest BCUT2D eigenvalue weighted by Crippen LogP contribution is 2.22. The van der Waals surface area contributed by atoms with Crippen LogP contribution in [0, 0.1) is 0 Å². The number of carbonyl (C=O) groups is 2. The fourth-order valence-corrected chi connectivity index (χ4v) is 2.20. The van der Waals surface area contributed by atoms with Gasteiger partial charge in [0.1, 0.15) is 6.54 Å². The van der Waals surface area contributed by atoms with Crippen molar-refractivity contribution in [1.29, 1.82) is 0 Å². The number of nitrogens with one attached hydrogen (secondary N) is 1. The Kier molecular flexibility index (Phi) is 4.88. The third kappa shape index (κ3) is 3.49. The van der Waals surface area contributed by atoms with Crippen LogP contribution in [-0.4, -0.2) is 32.0 Å². The molecule has 0 aliphatic heterocycles. The van der Waals surface area contributed by atoms with Gasteiger partial charge in [-0.05, 0) is 24.0 Å². The van der Waals surface area contributed by atoms with Gasteiger partial charge in [-0.25, -0.2) is 9.48 Å². The van der Waals surface area contributed by atoms with E-state index in [1.165, 1.54) is 10.9 Å². The summed E-state index contributed by atoms with van der Waals surface area (Å²) in [4.78, 5) is 22.9. The smallest absolute Gasteiger partial charge is 0.358 e. The van der Waals surface area contributed by atoms with Gasteiger partial charge in [0.25, 0.3) is 0 Å². The summed E-state index contributed by atoms with van der Waals surface area (Å²) in [5, 5.41) is 18.8. The lowest BCUT2D eigenvalue weighted by atomic mass is 10.0. The fraction of sp³-hybridized carbons (Fsp3) is 0.333. The summed E-state index contributed by atoms with van der Waals surface area (Å²) in [6, 6.07) is 5.93. The molecule has 0 radical (unpaired) electrons. The molecule has 1 aromatic heterocycles. The predicted molar refractivity (Wildman–Crippen MR) is 80.8 cm³/mol. The van der Waals surface area contributed by atoms with E-state index >= 15 is 0 Å². The molecular weight excluding hydrogens is 284 g/mol. The Bertz CT molecular complexity index is 672. The van der Waals surface area contributed by atoms with Gasteiger partial charge in [0, 0.05) is 5.69 Å². The number of aromatic nitrogens is 3. The molecule has 0 aliphatic carbocycles. The van der Waals surface area contributed by atoms with Crippen molar-refractivity contribution in [3.63, 3.8) is 0 Å². The van der Waals surface area contributed by atoms with Crippen molar-refractivity contribution in [3.05, 3.63) is 41.2 Å². The molecule has 7 heteroatoms. The molecule has 0 atom stereocenters. The largest absolute Gasteiger partial charge is 0.476 e. The van der Waals surface area contributed by atoms with E-state index in [1.54, 1.807) is 0 Å². The molecule has 2 N–H and O–H groups in total. The summed E-state index contributed by atoms with van der Waals surface area (Å²) in [5.74, 6) is -1.44. The Hall–Kier alpha value is -2.70. The van der Waals surface area contributed by atoms with E-state index in [4.69, 9.17) is 5.11 Å². The average Bonchev–Trinajstić information content (AvgIpc) is 2.96. The van der Waals surface area contributed by atoms with Gasteiger partial charge in [0.15, 0.2) is 5.69 Å². The van der Waals surface area contributed by atoms with Gasteiger partial charge < -0.3 is 10.4 Å². The molecule has 7 nitrogen and oxygen atoms in total. The van der Waals surface area contributed by atoms with Crippen molar-refractivity contribution in [3.8, 4) is 0 Å². The molecule has 2 aromatic rings. The molecule has 1 aromatic carbocycles. The summed E-state index contributed by atoms with van der Waals surface area (Å²) in [7, 11) is 0. The molecule has 0 unspecified atom stereocenters. The van der Waals surface area contributed by atoms with Gasteiger partial charge in [-0.2, -0.15) is 0 Å². The molecule has 0 fully saturated rings. The molecule has 2 rings (SSSR count). The molecule has 0 saturated carbocycles. The maximum absolute atomic E-state index is 12.2. The second kappa shape index (κ2) is 6.84. The first kappa shape index (κ1) is 15.7. The van der Waals surface area contributed by atoms with E-state index in [9.17, 15) is 9.59 Å². The zero-order chi connectivity index (χ0) is 16.1. The topological polar surface area (TPSA) is 97.1 Å². The fourth-order valence-electron chi connectivity index (χ4n) is 2.20. The van der Waals surface area contributed by atoms with E-state index < -0.39 is 5.97 Å². The normalized spacial score (nSPS) is 10.5. The number of carboxylic acids is 1. The van der Waals surface area contributed by atoms with Gasteiger partial charge >= 0.3 is 5.97 Å². The van der Waals surface area contributed by atoms with Crippen molar-refractivity contribution in [2.24, 2.45) is 0 Å². The quantitative estimate of drug-likeness (QED) is 0.847. The Morgan fingerprint density at radius 2 is 1.86 bits per heavy atom. The van der Waals surface area contributed by atoms with E-state index in [-0.39, 0.29) is 18.1 Å². The number of carboxylic acid groups (broad SMARTS) is 1. The number of hydrogen-bond acceptors (Lipinski definition) is 4. The van der Waals surface area contributed by atoms with Crippen LogP contribution in [0.1, 0.15) is 35.5 Å². The van der Waals surface area contributed by atoms with Gasteiger partial charge in [-0.1, -0.05) is 37.3 Å². The van der Waals surface area contributed by atoms with Crippen LogP contribution in [0.15, 0.2) is 24.4 Å². The first-order valence-electron chi connectivity index (χ1n) is 7.09. The number of rotatable bonds is 6. The van der Waals surface area contributed by atoms with Crippen LogP contribution in [0.2, 0.25) is 0 Å². The molecule has 1 heterocycles. The second-order valence-electron chi connectivity index (χ2n) is 4.81. The summed E-state index contributed by atoms with van der Waals surface area (Å²) in [5.41, 5.74) is 2.78. The highest BCUT2D eigenvalue weighted by atomic mass is 16.4. The van der Waals surface area contributed by atoms with Crippen LogP contribution < -0.4 is 5.32 Å². The number of nitrogens with zero attached hydrogens (tertiary/aromatic N) is 3. The summed E-state index contributed by atoms with van der Waals surface area (Å²) in [6.45, 7) is 3.98. The summed E-state index contributed by atoms with van der Waals surface area (Å²) >= 11 is 0. The maximum atomic E-state index is 12.2. The number of para-hydroxylation sites is 1. The van der Waals surface area contributed by atoms with Gasteiger partial charge in [0.2, 0.25) is 5.91 Å². The van der Waals surface area contributed by atoms with Crippen LogP contribution in [0.4, 0.5) is 5.69 Å². The van der Waals surface area contributed by atoms with E-state index in [0.29, 0.717) is 0 Å². The number of benzene rings is 1. The van der Waals surface area contributed by atoms with Crippen LogP contribution in [-0.2, 0) is 24.2 Å².